The number of piperidine rings is 1. The van der Waals surface area contributed by atoms with Crippen LogP contribution in [0.1, 0.15) is 19.3 Å². The summed E-state index contributed by atoms with van der Waals surface area (Å²) in [4.78, 5) is 27.5. The van der Waals surface area contributed by atoms with Gasteiger partial charge >= 0.3 is 0 Å². The lowest BCUT2D eigenvalue weighted by Gasteiger charge is -2.28. The molecule has 120 valence electrons. The summed E-state index contributed by atoms with van der Waals surface area (Å²) in [5, 5.41) is 2.62. The van der Waals surface area contributed by atoms with Crippen LogP contribution in [0.15, 0.2) is 24.3 Å². The highest BCUT2D eigenvalue weighted by Gasteiger charge is 2.18. The number of nitrogens with zero attached hydrogens (tertiary/aromatic N) is 2. The second-order valence-electron chi connectivity index (χ2n) is 5.67. The predicted octanol–water partition coefficient (Wildman–Crippen LogP) is 1.71. The van der Waals surface area contributed by atoms with Crippen molar-refractivity contribution < 1.29 is 14.0 Å². The van der Waals surface area contributed by atoms with Crippen molar-refractivity contribution in [3.8, 4) is 0 Å². The Balaban J connectivity index is 1.77. The number of halogens is 1. The van der Waals surface area contributed by atoms with Crippen LogP contribution in [0.5, 0.6) is 0 Å². The van der Waals surface area contributed by atoms with Crippen LogP contribution < -0.4 is 5.32 Å². The first-order valence-electron chi connectivity index (χ1n) is 7.56. The van der Waals surface area contributed by atoms with Gasteiger partial charge in [-0.3, -0.25) is 14.5 Å². The lowest BCUT2D eigenvalue weighted by atomic mass is 10.1. The van der Waals surface area contributed by atoms with Crippen LogP contribution in [0.3, 0.4) is 0 Å². The third-order valence-electron chi connectivity index (χ3n) is 3.64. The Bertz CT molecular complexity index is 530. The van der Waals surface area contributed by atoms with E-state index in [9.17, 15) is 14.0 Å². The van der Waals surface area contributed by atoms with E-state index in [4.69, 9.17) is 0 Å². The van der Waals surface area contributed by atoms with Crippen LogP contribution in [0, 0.1) is 5.82 Å². The third-order valence-corrected chi connectivity index (χ3v) is 3.64. The van der Waals surface area contributed by atoms with E-state index in [-0.39, 0.29) is 24.9 Å². The van der Waals surface area contributed by atoms with Gasteiger partial charge in [-0.15, -0.1) is 0 Å². The Hall–Kier alpha value is -1.95. The molecule has 0 unspecified atom stereocenters. The van der Waals surface area contributed by atoms with Crippen molar-refractivity contribution in [2.45, 2.75) is 19.3 Å². The van der Waals surface area contributed by atoms with Crippen molar-refractivity contribution in [2.24, 2.45) is 0 Å². The quantitative estimate of drug-likeness (QED) is 0.901. The van der Waals surface area contributed by atoms with Gasteiger partial charge in [-0.1, -0.05) is 6.07 Å². The molecule has 0 bridgehead atoms. The van der Waals surface area contributed by atoms with E-state index in [1.54, 1.807) is 18.0 Å². The van der Waals surface area contributed by atoms with E-state index < -0.39 is 5.82 Å². The van der Waals surface area contributed by atoms with Crippen LogP contribution in [0.4, 0.5) is 10.1 Å². The molecule has 1 aliphatic heterocycles. The van der Waals surface area contributed by atoms with Crippen molar-refractivity contribution in [3.63, 3.8) is 0 Å². The first-order chi connectivity index (χ1) is 10.5. The lowest BCUT2D eigenvalue weighted by molar-refractivity contribution is -0.133. The molecule has 1 fully saturated rings. The fourth-order valence-corrected chi connectivity index (χ4v) is 2.54. The summed E-state index contributed by atoms with van der Waals surface area (Å²) in [6.07, 6.45) is 3.28. The number of likely N-dealkylation sites (N-methyl/N-ethyl adjacent to an activating group) is 1. The first-order valence-corrected chi connectivity index (χ1v) is 7.56. The van der Waals surface area contributed by atoms with Crippen molar-refractivity contribution >= 4 is 17.5 Å². The van der Waals surface area contributed by atoms with Crippen LogP contribution >= 0.6 is 0 Å². The van der Waals surface area contributed by atoms with Gasteiger partial charge in [0.1, 0.15) is 5.82 Å². The van der Waals surface area contributed by atoms with E-state index in [0.29, 0.717) is 5.69 Å². The third kappa shape index (κ3) is 5.11. The number of hydrogen-bond acceptors (Lipinski definition) is 3. The summed E-state index contributed by atoms with van der Waals surface area (Å²) in [6, 6.07) is 5.74. The molecule has 1 saturated heterocycles. The van der Waals surface area contributed by atoms with Crippen LogP contribution in [0.2, 0.25) is 0 Å². The minimum absolute atomic E-state index is 0.0563. The maximum absolute atomic E-state index is 13.0. The van der Waals surface area contributed by atoms with Gasteiger partial charge in [-0.25, -0.2) is 4.39 Å². The maximum atomic E-state index is 13.0. The Labute approximate surface area is 130 Å². The second-order valence-corrected chi connectivity index (χ2v) is 5.67. The monoisotopic (exact) mass is 307 g/mol. The number of hydrogen-bond donors (Lipinski definition) is 1. The minimum Gasteiger partial charge on any atom is -0.342 e. The van der Waals surface area contributed by atoms with Crippen LogP contribution in [0.25, 0.3) is 0 Å². The van der Waals surface area contributed by atoms with Gasteiger partial charge in [0.25, 0.3) is 0 Å². The summed E-state index contributed by atoms with van der Waals surface area (Å²) < 4.78 is 13.0. The summed E-state index contributed by atoms with van der Waals surface area (Å²) in [6.45, 7) is 1.93. The molecule has 0 spiro atoms. The molecule has 0 radical (unpaired) electrons. The fraction of sp³-hybridized carbons (Fsp3) is 0.500. The van der Waals surface area contributed by atoms with E-state index >= 15 is 0 Å². The summed E-state index contributed by atoms with van der Waals surface area (Å²) in [7, 11) is 1.73. The zero-order valence-corrected chi connectivity index (χ0v) is 12.8. The largest absolute Gasteiger partial charge is 0.342 e. The number of benzene rings is 1. The molecule has 0 saturated carbocycles. The Morgan fingerprint density at radius 3 is 2.64 bits per heavy atom. The van der Waals surface area contributed by atoms with E-state index in [2.05, 4.69) is 5.32 Å². The highest BCUT2D eigenvalue weighted by molar-refractivity contribution is 5.92. The highest BCUT2D eigenvalue weighted by atomic mass is 19.1. The molecule has 22 heavy (non-hydrogen) atoms. The fourth-order valence-electron chi connectivity index (χ4n) is 2.54. The second kappa shape index (κ2) is 7.89. The van der Waals surface area contributed by atoms with Crippen molar-refractivity contribution in [1.29, 1.82) is 0 Å². The Morgan fingerprint density at radius 1 is 1.23 bits per heavy atom. The van der Waals surface area contributed by atoms with Gasteiger partial charge in [0, 0.05) is 18.8 Å². The van der Waals surface area contributed by atoms with E-state index in [1.165, 1.54) is 24.6 Å². The molecule has 0 aliphatic carbocycles. The molecular weight excluding hydrogens is 285 g/mol. The van der Waals surface area contributed by atoms with Crippen LogP contribution in [-0.4, -0.2) is 54.8 Å². The standard InChI is InChI=1S/C16H22FN3O2/c1-19(12-16(22)20-8-3-2-4-9-20)11-15(21)18-14-7-5-6-13(17)10-14/h5-7,10H,2-4,8-9,11-12H2,1H3,(H,18,21). The minimum atomic E-state index is -0.397. The van der Waals surface area contributed by atoms with Crippen molar-refractivity contribution in [3.05, 3.63) is 30.1 Å². The average Bonchev–Trinajstić information content (AvgIpc) is 2.47. The number of carbonyl (C=O) groups is 2. The number of amides is 2. The zero-order chi connectivity index (χ0) is 15.9. The summed E-state index contributed by atoms with van der Waals surface area (Å²) in [5.74, 6) is -0.605. The Morgan fingerprint density at radius 2 is 1.95 bits per heavy atom. The SMILES string of the molecule is CN(CC(=O)Nc1cccc(F)c1)CC(=O)N1CCCCC1. The van der Waals surface area contributed by atoms with Gasteiger partial charge in [-0.2, -0.15) is 0 Å². The molecule has 1 N–H and O–H groups in total. The molecule has 1 aromatic rings. The molecule has 1 aliphatic rings. The molecule has 0 atom stereocenters. The molecule has 1 heterocycles. The predicted molar refractivity (Wildman–Crippen MR) is 83.0 cm³/mol. The maximum Gasteiger partial charge on any atom is 0.238 e. The van der Waals surface area contributed by atoms with Gasteiger partial charge in [-0.05, 0) is 44.5 Å². The number of carbonyl (C=O) groups excluding carboxylic acids is 2. The van der Waals surface area contributed by atoms with Gasteiger partial charge in [0.2, 0.25) is 11.8 Å². The van der Waals surface area contributed by atoms with E-state index in [0.717, 1.165) is 25.9 Å². The molecular formula is C16H22FN3O2. The molecule has 2 rings (SSSR count). The van der Waals surface area contributed by atoms with Crippen LogP contribution in [-0.2, 0) is 9.59 Å². The van der Waals surface area contributed by atoms with Gasteiger partial charge in [0.05, 0.1) is 13.1 Å². The topological polar surface area (TPSA) is 52.7 Å². The molecule has 2 amide bonds. The lowest BCUT2D eigenvalue weighted by Crippen LogP contribution is -2.43. The van der Waals surface area contributed by atoms with Gasteiger partial charge in [0.15, 0.2) is 0 Å². The average molecular weight is 307 g/mol. The molecule has 1 aromatic carbocycles. The number of likely N-dealkylation sites (tertiary alicyclic amines) is 1. The van der Waals surface area contributed by atoms with Crippen molar-refractivity contribution in [2.75, 3.05) is 38.5 Å². The zero-order valence-electron chi connectivity index (χ0n) is 12.8. The Kier molecular flexibility index (Phi) is 5.89. The molecule has 0 aromatic heterocycles. The molecule has 5 nitrogen and oxygen atoms in total. The summed E-state index contributed by atoms with van der Waals surface area (Å²) >= 11 is 0. The highest BCUT2D eigenvalue weighted by Crippen LogP contribution is 2.10. The summed E-state index contributed by atoms with van der Waals surface area (Å²) in [5.41, 5.74) is 0.417. The van der Waals surface area contributed by atoms with E-state index in [1.807, 2.05) is 4.90 Å². The normalized spacial score (nSPS) is 15.0. The van der Waals surface area contributed by atoms with Gasteiger partial charge < -0.3 is 10.2 Å². The van der Waals surface area contributed by atoms with Crippen molar-refractivity contribution in [1.82, 2.24) is 9.80 Å². The first kappa shape index (κ1) is 16.4. The number of rotatable bonds is 5. The smallest absolute Gasteiger partial charge is 0.238 e. The number of nitrogens with one attached hydrogen (secondary N) is 1. The molecule has 6 heteroatoms. The number of anilines is 1.